The van der Waals surface area contributed by atoms with Crippen LogP contribution in [0.5, 0.6) is 0 Å². The largest absolute Gasteiger partial charge is 0.416 e. The summed E-state index contributed by atoms with van der Waals surface area (Å²) in [5.74, 6) is 1.03. The second-order valence-electron chi connectivity index (χ2n) is 6.24. The molecule has 0 aliphatic carbocycles. The van der Waals surface area contributed by atoms with E-state index in [9.17, 15) is 13.2 Å². The molecule has 1 aliphatic heterocycles. The fourth-order valence-corrected chi connectivity index (χ4v) is 3.00. The van der Waals surface area contributed by atoms with Crippen molar-refractivity contribution in [2.45, 2.75) is 52.3 Å². The van der Waals surface area contributed by atoms with Crippen LogP contribution in [0.25, 0.3) is 0 Å². The molecule has 0 bridgehead atoms. The van der Waals surface area contributed by atoms with Crippen molar-refractivity contribution in [1.29, 1.82) is 0 Å². The molecule has 0 fully saturated rings. The van der Waals surface area contributed by atoms with Gasteiger partial charge in [-0.05, 0) is 63.8 Å². The van der Waals surface area contributed by atoms with Gasteiger partial charge in [0.25, 0.3) is 0 Å². The second kappa shape index (κ2) is 7.86. The number of nitrogens with zero attached hydrogens (tertiary/aromatic N) is 2. The van der Waals surface area contributed by atoms with Crippen molar-refractivity contribution in [3.8, 4) is 0 Å². The molecule has 0 N–H and O–H groups in total. The fourth-order valence-electron chi connectivity index (χ4n) is 3.00. The van der Waals surface area contributed by atoms with E-state index in [4.69, 9.17) is 4.99 Å². The molecular formula is C19H25F3N2. The van der Waals surface area contributed by atoms with E-state index in [0.717, 1.165) is 55.9 Å². The van der Waals surface area contributed by atoms with Gasteiger partial charge in [-0.3, -0.25) is 4.99 Å². The maximum absolute atomic E-state index is 12.6. The van der Waals surface area contributed by atoms with Crippen molar-refractivity contribution in [2.75, 3.05) is 13.1 Å². The Bertz CT molecular complexity index is 596. The molecule has 1 unspecified atom stereocenters. The molecule has 2 nitrogen and oxygen atoms in total. The first kappa shape index (κ1) is 18.6. The van der Waals surface area contributed by atoms with Gasteiger partial charge in [0.2, 0.25) is 0 Å². The Hall–Kier alpha value is -1.78. The van der Waals surface area contributed by atoms with E-state index in [0.29, 0.717) is 0 Å². The molecule has 24 heavy (non-hydrogen) atoms. The number of hydrogen-bond donors (Lipinski definition) is 0. The van der Waals surface area contributed by atoms with E-state index >= 15 is 0 Å². The molecule has 0 radical (unpaired) electrons. The maximum Gasteiger partial charge on any atom is 0.416 e. The zero-order valence-electron chi connectivity index (χ0n) is 14.5. The molecule has 1 aromatic rings. The van der Waals surface area contributed by atoms with E-state index in [1.54, 1.807) is 12.1 Å². The van der Waals surface area contributed by atoms with Gasteiger partial charge in [-0.25, -0.2) is 0 Å². The number of halogens is 3. The Labute approximate surface area is 142 Å². The zero-order valence-corrected chi connectivity index (χ0v) is 14.5. The summed E-state index contributed by atoms with van der Waals surface area (Å²) in [7, 11) is 0. The average molecular weight is 338 g/mol. The first-order valence-corrected chi connectivity index (χ1v) is 8.49. The summed E-state index contributed by atoms with van der Waals surface area (Å²) < 4.78 is 37.8. The molecule has 1 aromatic carbocycles. The molecular weight excluding hydrogens is 313 g/mol. The van der Waals surface area contributed by atoms with Crippen LogP contribution in [0.4, 0.5) is 13.2 Å². The monoisotopic (exact) mass is 338 g/mol. The van der Waals surface area contributed by atoms with Crippen molar-refractivity contribution < 1.29 is 13.2 Å². The molecule has 0 amide bonds. The highest BCUT2D eigenvalue weighted by molar-refractivity contribution is 5.94. The van der Waals surface area contributed by atoms with Gasteiger partial charge in [-0.2, -0.15) is 13.2 Å². The minimum atomic E-state index is -4.27. The Morgan fingerprint density at radius 1 is 1.12 bits per heavy atom. The quantitative estimate of drug-likeness (QED) is 0.729. The second-order valence-corrected chi connectivity index (χ2v) is 6.24. The van der Waals surface area contributed by atoms with Crippen LogP contribution in [0.15, 0.2) is 40.9 Å². The van der Waals surface area contributed by atoms with Crippen LogP contribution in [-0.2, 0) is 12.6 Å². The van der Waals surface area contributed by atoms with Gasteiger partial charge in [0.05, 0.1) is 11.6 Å². The summed E-state index contributed by atoms with van der Waals surface area (Å²) in [5.41, 5.74) is 1.64. The maximum atomic E-state index is 12.6. The Morgan fingerprint density at radius 2 is 1.75 bits per heavy atom. The molecule has 1 aliphatic rings. The highest BCUT2D eigenvalue weighted by Gasteiger charge is 2.29. The number of dihydropyridines is 1. The average Bonchev–Trinajstić information content (AvgIpc) is 2.53. The third-order valence-corrected chi connectivity index (χ3v) is 4.38. The summed E-state index contributed by atoms with van der Waals surface area (Å²) >= 11 is 0. The first-order chi connectivity index (χ1) is 11.3. The van der Waals surface area contributed by atoms with Crippen molar-refractivity contribution in [1.82, 2.24) is 4.90 Å². The van der Waals surface area contributed by atoms with Crippen LogP contribution in [-0.4, -0.2) is 29.9 Å². The molecule has 132 valence electrons. The molecule has 0 spiro atoms. The standard InChI is InChI=1S/C19H25F3N2/c1-4-24(5-2)18-13-14(3)12-17(23-18)11-8-15-6-9-16(10-7-15)19(20,21)22/h6-7,9-10,13,17H,4-5,8,11-12H2,1-3H3. The van der Waals surface area contributed by atoms with Gasteiger partial charge in [0, 0.05) is 13.1 Å². The van der Waals surface area contributed by atoms with Crippen LogP contribution < -0.4 is 0 Å². The number of rotatable bonds is 5. The molecule has 0 saturated carbocycles. The van der Waals surface area contributed by atoms with Crippen LogP contribution in [0.2, 0.25) is 0 Å². The topological polar surface area (TPSA) is 15.6 Å². The predicted molar refractivity (Wildman–Crippen MR) is 92.3 cm³/mol. The summed E-state index contributed by atoms with van der Waals surface area (Å²) in [6, 6.07) is 5.66. The summed E-state index contributed by atoms with van der Waals surface area (Å²) in [6.45, 7) is 8.18. The van der Waals surface area contributed by atoms with E-state index in [-0.39, 0.29) is 6.04 Å². The zero-order chi connectivity index (χ0) is 17.7. The van der Waals surface area contributed by atoms with Gasteiger partial charge < -0.3 is 4.90 Å². The lowest BCUT2D eigenvalue weighted by molar-refractivity contribution is -0.137. The van der Waals surface area contributed by atoms with Gasteiger partial charge in [-0.1, -0.05) is 17.7 Å². The van der Waals surface area contributed by atoms with Gasteiger partial charge in [0.1, 0.15) is 5.84 Å². The third-order valence-electron chi connectivity index (χ3n) is 4.38. The fraction of sp³-hybridized carbons (Fsp3) is 0.526. The van der Waals surface area contributed by atoms with E-state index in [1.165, 1.54) is 5.57 Å². The Kier molecular flexibility index (Phi) is 6.08. The van der Waals surface area contributed by atoms with Gasteiger partial charge in [0.15, 0.2) is 0 Å². The molecule has 0 aromatic heterocycles. The lowest BCUT2D eigenvalue weighted by atomic mass is 9.97. The smallest absolute Gasteiger partial charge is 0.357 e. The number of aliphatic imine (C=N–C) groups is 1. The molecule has 2 rings (SSSR count). The number of aryl methyl sites for hydroxylation is 1. The normalized spacial score (nSPS) is 18.2. The SMILES string of the molecule is CCN(CC)C1=NC(CCc2ccc(C(F)(F)F)cc2)CC(C)=C1. The van der Waals surface area contributed by atoms with Gasteiger partial charge >= 0.3 is 6.18 Å². The lowest BCUT2D eigenvalue weighted by Crippen LogP contribution is -2.32. The van der Waals surface area contributed by atoms with Crippen molar-refractivity contribution in [2.24, 2.45) is 4.99 Å². The number of likely N-dealkylation sites (N-methyl/N-ethyl adjacent to an activating group) is 1. The summed E-state index contributed by atoms with van der Waals surface area (Å²) in [5, 5.41) is 0. The van der Waals surface area contributed by atoms with Crippen molar-refractivity contribution >= 4 is 5.84 Å². The van der Waals surface area contributed by atoms with Crippen LogP contribution in [0.1, 0.15) is 44.7 Å². The number of benzene rings is 1. The minimum absolute atomic E-state index is 0.202. The highest BCUT2D eigenvalue weighted by atomic mass is 19.4. The molecule has 1 atom stereocenters. The lowest BCUT2D eigenvalue weighted by Gasteiger charge is -2.27. The van der Waals surface area contributed by atoms with Crippen LogP contribution in [0.3, 0.4) is 0 Å². The van der Waals surface area contributed by atoms with E-state index < -0.39 is 11.7 Å². The number of hydrogen-bond acceptors (Lipinski definition) is 2. The van der Waals surface area contributed by atoms with Crippen LogP contribution >= 0.6 is 0 Å². The van der Waals surface area contributed by atoms with Crippen molar-refractivity contribution in [3.63, 3.8) is 0 Å². The van der Waals surface area contributed by atoms with Crippen molar-refractivity contribution in [3.05, 3.63) is 47.0 Å². The van der Waals surface area contributed by atoms with Crippen LogP contribution in [0, 0.1) is 0 Å². The van der Waals surface area contributed by atoms with E-state index in [1.807, 2.05) is 0 Å². The Balaban J connectivity index is 2.00. The molecule has 1 heterocycles. The molecule has 5 heteroatoms. The van der Waals surface area contributed by atoms with Gasteiger partial charge in [-0.15, -0.1) is 0 Å². The number of amidine groups is 1. The summed E-state index contributed by atoms with van der Waals surface area (Å²) in [4.78, 5) is 7.06. The summed E-state index contributed by atoms with van der Waals surface area (Å²) in [6.07, 6.45) is 0.381. The predicted octanol–water partition coefficient (Wildman–Crippen LogP) is 5.10. The Morgan fingerprint density at radius 3 is 2.29 bits per heavy atom. The highest BCUT2D eigenvalue weighted by Crippen LogP contribution is 2.29. The van der Waals surface area contributed by atoms with E-state index in [2.05, 4.69) is 31.7 Å². The molecule has 0 saturated heterocycles. The minimum Gasteiger partial charge on any atom is -0.357 e. The first-order valence-electron chi connectivity index (χ1n) is 8.49. The number of alkyl halides is 3. The third kappa shape index (κ3) is 4.86.